The Morgan fingerprint density at radius 2 is 1.68 bits per heavy atom. The van der Waals surface area contributed by atoms with E-state index in [4.69, 9.17) is 0 Å². The molecular weight excluding hydrogens is 364 g/mol. The molecular formula is C21H23F2N3O2. The lowest BCUT2D eigenvalue weighted by Gasteiger charge is -2.37. The van der Waals surface area contributed by atoms with E-state index < -0.39 is 11.6 Å². The maximum absolute atomic E-state index is 13.4. The van der Waals surface area contributed by atoms with E-state index in [9.17, 15) is 18.4 Å². The second-order valence-corrected chi connectivity index (χ2v) is 6.84. The van der Waals surface area contributed by atoms with E-state index in [1.54, 1.807) is 4.90 Å². The van der Waals surface area contributed by atoms with Gasteiger partial charge in [-0.05, 0) is 30.7 Å². The molecule has 1 saturated heterocycles. The molecule has 1 aliphatic rings. The fourth-order valence-electron chi connectivity index (χ4n) is 3.22. The highest BCUT2D eigenvalue weighted by Crippen LogP contribution is 2.14. The Kier molecular flexibility index (Phi) is 6.36. The van der Waals surface area contributed by atoms with Crippen molar-refractivity contribution in [3.05, 3.63) is 71.3 Å². The average Bonchev–Trinajstić information content (AvgIpc) is 2.73. The lowest BCUT2D eigenvalue weighted by Crippen LogP contribution is -2.54. The fourth-order valence-corrected chi connectivity index (χ4v) is 3.22. The van der Waals surface area contributed by atoms with Crippen LogP contribution in [0.3, 0.4) is 0 Å². The first kappa shape index (κ1) is 19.9. The number of halogens is 2. The van der Waals surface area contributed by atoms with Gasteiger partial charge >= 0.3 is 0 Å². The van der Waals surface area contributed by atoms with Gasteiger partial charge in [-0.3, -0.25) is 14.5 Å². The monoisotopic (exact) mass is 387 g/mol. The van der Waals surface area contributed by atoms with E-state index in [1.165, 1.54) is 6.07 Å². The molecule has 0 spiro atoms. The van der Waals surface area contributed by atoms with Crippen molar-refractivity contribution in [3.8, 4) is 0 Å². The summed E-state index contributed by atoms with van der Waals surface area (Å²) in [5.74, 6) is -2.41. The zero-order valence-electron chi connectivity index (χ0n) is 15.7. The summed E-state index contributed by atoms with van der Waals surface area (Å²) in [5, 5.41) is 2.93. The molecule has 1 unspecified atom stereocenters. The topological polar surface area (TPSA) is 52.7 Å². The highest BCUT2D eigenvalue weighted by atomic mass is 19.2. The van der Waals surface area contributed by atoms with Gasteiger partial charge in [0.2, 0.25) is 5.91 Å². The molecule has 0 aliphatic carbocycles. The fraction of sp³-hybridized carbons (Fsp3) is 0.333. The minimum Gasteiger partial charge on any atom is -0.351 e. The molecule has 1 fully saturated rings. The van der Waals surface area contributed by atoms with Crippen LogP contribution >= 0.6 is 0 Å². The number of benzene rings is 2. The summed E-state index contributed by atoms with van der Waals surface area (Å²) in [6, 6.07) is 12.5. The van der Waals surface area contributed by atoms with E-state index in [0.717, 1.165) is 17.7 Å². The second-order valence-electron chi connectivity index (χ2n) is 6.84. The number of hydrogen-bond acceptors (Lipinski definition) is 3. The van der Waals surface area contributed by atoms with Crippen LogP contribution in [0.25, 0.3) is 0 Å². The van der Waals surface area contributed by atoms with Gasteiger partial charge < -0.3 is 10.2 Å². The predicted molar refractivity (Wildman–Crippen MR) is 102 cm³/mol. The third-order valence-electron chi connectivity index (χ3n) is 5.00. The molecule has 0 saturated carbocycles. The molecule has 0 radical (unpaired) electrons. The molecule has 5 nitrogen and oxygen atoms in total. The summed E-state index contributed by atoms with van der Waals surface area (Å²) in [6.45, 7) is 4.23. The van der Waals surface area contributed by atoms with Gasteiger partial charge in [-0.25, -0.2) is 8.78 Å². The first-order chi connectivity index (χ1) is 13.5. The van der Waals surface area contributed by atoms with E-state index in [-0.39, 0.29) is 23.4 Å². The summed E-state index contributed by atoms with van der Waals surface area (Å²) in [5.41, 5.74) is 1.16. The number of carbonyl (C=O) groups excluding carboxylic acids is 2. The van der Waals surface area contributed by atoms with Crippen molar-refractivity contribution in [1.82, 2.24) is 15.1 Å². The molecule has 7 heteroatoms. The first-order valence-corrected chi connectivity index (χ1v) is 9.25. The van der Waals surface area contributed by atoms with E-state index in [2.05, 4.69) is 5.32 Å². The van der Waals surface area contributed by atoms with Crippen LogP contribution in [-0.4, -0.2) is 53.8 Å². The summed E-state index contributed by atoms with van der Waals surface area (Å²) in [4.78, 5) is 28.5. The maximum atomic E-state index is 13.4. The van der Waals surface area contributed by atoms with Crippen LogP contribution in [0.4, 0.5) is 8.78 Å². The molecule has 148 valence electrons. The van der Waals surface area contributed by atoms with Crippen LogP contribution in [0.5, 0.6) is 0 Å². The van der Waals surface area contributed by atoms with Crippen LogP contribution in [0.15, 0.2) is 48.5 Å². The lowest BCUT2D eigenvalue weighted by molar-refractivity contribution is -0.126. The number of amides is 2. The predicted octanol–water partition coefficient (Wildman–Crippen LogP) is 2.43. The van der Waals surface area contributed by atoms with Crippen LogP contribution in [0.1, 0.15) is 22.8 Å². The third-order valence-corrected chi connectivity index (χ3v) is 5.00. The van der Waals surface area contributed by atoms with Crippen LogP contribution in [-0.2, 0) is 11.3 Å². The number of nitrogens with one attached hydrogen (secondary N) is 1. The van der Waals surface area contributed by atoms with Gasteiger partial charge in [-0.1, -0.05) is 30.3 Å². The minimum atomic E-state index is -1.03. The Balaban J connectivity index is 1.50. The van der Waals surface area contributed by atoms with Crippen LogP contribution in [0.2, 0.25) is 0 Å². The number of rotatable bonds is 5. The number of nitrogens with zero attached hydrogens (tertiary/aromatic N) is 2. The van der Waals surface area contributed by atoms with E-state index >= 15 is 0 Å². The zero-order valence-corrected chi connectivity index (χ0v) is 15.7. The van der Waals surface area contributed by atoms with Crippen LogP contribution < -0.4 is 5.32 Å². The van der Waals surface area contributed by atoms with Gasteiger partial charge in [0.15, 0.2) is 11.6 Å². The van der Waals surface area contributed by atoms with Gasteiger partial charge in [0, 0.05) is 38.3 Å². The summed E-state index contributed by atoms with van der Waals surface area (Å²) < 4.78 is 26.4. The van der Waals surface area contributed by atoms with Gasteiger partial charge in [0.05, 0.1) is 6.04 Å². The van der Waals surface area contributed by atoms with Crippen molar-refractivity contribution < 1.29 is 18.4 Å². The van der Waals surface area contributed by atoms with Gasteiger partial charge in [-0.15, -0.1) is 0 Å². The highest BCUT2D eigenvalue weighted by molar-refractivity contribution is 5.94. The van der Waals surface area contributed by atoms with Crippen molar-refractivity contribution >= 4 is 11.8 Å². The minimum absolute atomic E-state index is 0.0655. The van der Waals surface area contributed by atoms with Crippen molar-refractivity contribution in [2.45, 2.75) is 19.5 Å². The Morgan fingerprint density at radius 1 is 1.00 bits per heavy atom. The van der Waals surface area contributed by atoms with E-state index in [0.29, 0.717) is 32.7 Å². The van der Waals surface area contributed by atoms with Crippen molar-refractivity contribution in [2.24, 2.45) is 0 Å². The van der Waals surface area contributed by atoms with Crippen LogP contribution in [0, 0.1) is 11.6 Å². The Labute approximate surface area is 162 Å². The third kappa shape index (κ3) is 4.72. The standard InChI is InChI=1S/C21H23F2N3O2/c1-15(20(27)24-14-16-5-3-2-4-6-16)25-9-11-26(12-10-25)21(28)17-7-8-18(22)19(23)13-17/h2-8,13,15H,9-12,14H2,1H3,(H,24,27). The normalized spacial score (nSPS) is 15.9. The van der Waals surface area contributed by atoms with Gasteiger partial charge in [0.25, 0.3) is 5.91 Å². The SMILES string of the molecule is CC(C(=O)NCc1ccccc1)N1CCN(C(=O)c2ccc(F)c(F)c2)CC1. The Morgan fingerprint density at radius 3 is 2.32 bits per heavy atom. The summed E-state index contributed by atoms with van der Waals surface area (Å²) in [6.07, 6.45) is 0. The molecule has 1 heterocycles. The number of piperazine rings is 1. The quantitative estimate of drug-likeness (QED) is 0.857. The summed E-state index contributed by atoms with van der Waals surface area (Å²) in [7, 11) is 0. The Hall–Kier alpha value is -2.80. The molecule has 28 heavy (non-hydrogen) atoms. The van der Waals surface area contributed by atoms with Crippen molar-refractivity contribution in [1.29, 1.82) is 0 Å². The lowest BCUT2D eigenvalue weighted by atomic mass is 10.1. The molecule has 2 amide bonds. The number of hydrogen-bond donors (Lipinski definition) is 1. The van der Waals surface area contributed by atoms with Crippen molar-refractivity contribution in [3.63, 3.8) is 0 Å². The first-order valence-electron chi connectivity index (χ1n) is 9.25. The largest absolute Gasteiger partial charge is 0.351 e. The molecule has 1 aliphatic heterocycles. The van der Waals surface area contributed by atoms with Crippen molar-refractivity contribution in [2.75, 3.05) is 26.2 Å². The molecule has 1 atom stereocenters. The molecule has 3 rings (SSSR count). The maximum Gasteiger partial charge on any atom is 0.254 e. The molecule has 2 aromatic rings. The number of carbonyl (C=O) groups is 2. The van der Waals surface area contributed by atoms with E-state index in [1.807, 2.05) is 42.2 Å². The molecule has 2 aromatic carbocycles. The Bertz CT molecular complexity index is 837. The highest BCUT2D eigenvalue weighted by Gasteiger charge is 2.28. The smallest absolute Gasteiger partial charge is 0.254 e. The average molecular weight is 387 g/mol. The summed E-state index contributed by atoms with van der Waals surface area (Å²) >= 11 is 0. The van der Waals surface area contributed by atoms with Gasteiger partial charge in [-0.2, -0.15) is 0 Å². The zero-order chi connectivity index (χ0) is 20.1. The molecule has 1 N–H and O–H groups in total. The van der Waals surface area contributed by atoms with Gasteiger partial charge in [0.1, 0.15) is 0 Å². The molecule has 0 aromatic heterocycles. The second kappa shape index (κ2) is 8.93. The molecule has 0 bridgehead atoms.